The highest BCUT2D eigenvalue weighted by Crippen LogP contribution is 2.26. The van der Waals surface area contributed by atoms with Crippen LogP contribution in [-0.4, -0.2) is 59.2 Å². The average molecular weight is 514 g/mol. The Morgan fingerprint density at radius 2 is 1.69 bits per heavy atom. The van der Waals surface area contributed by atoms with Crippen molar-refractivity contribution in [1.29, 1.82) is 0 Å². The molecule has 2 N–H and O–H groups in total. The predicted molar refractivity (Wildman–Crippen MR) is 134 cm³/mol. The molecule has 1 fully saturated rings. The number of amides is 1. The lowest BCUT2D eigenvalue weighted by atomic mass is 10.0. The summed E-state index contributed by atoms with van der Waals surface area (Å²) in [4.78, 5) is 15.1. The van der Waals surface area contributed by atoms with Crippen LogP contribution >= 0.6 is 0 Å². The Morgan fingerprint density at radius 1 is 1.03 bits per heavy atom. The van der Waals surface area contributed by atoms with Crippen LogP contribution in [0.15, 0.2) is 77.7 Å². The van der Waals surface area contributed by atoms with Crippen LogP contribution in [0.25, 0.3) is 0 Å². The summed E-state index contributed by atoms with van der Waals surface area (Å²) >= 11 is 0. The van der Waals surface area contributed by atoms with Gasteiger partial charge in [0.2, 0.25) is 0 Å². The first-order valence-electron chi connectivity index (χ1n) is 11.5. The van der Waals surface area contributed by atoms with Gasteiger partial charge < -0.3 is 14.8 Å². The number of para-hydroxylation sites is 2. The first-order valence-corrected chi connectivity index (χ1v) is 13.0. The molecule has 3 aromatic carbocycles. The fraction of sp³-hybridized carbons (Fsp3) is 0.269. The number of rotatable bonds is 9. The first-order chi connectivity index (χ1) is 17.4. The molecule has 3 aromatic rings. The highest BCUT2D eigenvalue weighted by Gasteiger charge is 2.24. The summed E-state index contributed by atoms with van der Waals surface area (Å²) < 4.78 is 52.2. The highest BCUT2D eigenvalue weighted by atomic mass is 32.2. The normalized spacial score (nSPS) is 15.2. The summed E-state index contributed by atoms with van der Waals surface area (Å²) in [6, 6.07) is 18.5. The number of morpholine rings is 1. The molecule has 0 aliphatic carbocycles. The number of nitrogens with zero attached hydrogens (tertiary/aromatic N) is 1. The van der Waals surface area contributed by atoms with Gasteiger partial charge >= 0.3 is 0 Å². The summed E-state index contributed by atoms with van der Waals surface area (Å²) in [6.07, 6.45) is 0. The van der Waals surface area contributed by atoms with Crippen molar-refractivity contribution in [1.82, 2.24) is 10.2 Å². The van der Waals surface area contributed by atoms with Crippen LogP contribution in [-0.2, 0) is 14.8 Å². The van der Waals surface area contributed by atoms with Gasteiger partial charge in [0.05, 0.1) is 36.9 Å². The second-order valence-corrected chi connectivity index (χ2v) is 9.94. The largest absolute Gasteiger partial charge is 0.495 e. The predicted octanol–water partition coefficient (Wildman–Crippen LogP) is 3.44. The summed E-state index contributed by atoms with van der Waals surface area (Å²) in [5.41, 5.74) is 1.53. The van der Waals surface area contributed by atoms with E-state index < -0.39 is 10.0 Å². The molecule has 1 aliphatic heterocycles. The van der Waals surface area contributed by atoms with Gasteiger partial charge in [0, 0.05) is 25.2 Å². The van der Waals surface area contributed by atoms with Gasteiger partial charge in [-0.05, 0) is 54.1 Å². The summed E-state index contributed by atoms with van der Waals surface area (Å²) in [5, 5.41) is 2.93. The number of hydrogen-bond acceptors (Lipinski definition) is 6. The average Bonchev–Trinajstić information content (AvgIpc) is 2.90. The van der Waals surface area contributed by atoms with E-state index >= 15 is 0 Å². The molecular weight excluding hydrogens is 485 g/mol. The molecular formula is C26H28FN3O5S. The van der Waals surface area contributed by atoms with Gasteiger partial charge in [-0.3, -0.25) is 14.4 Å². The maximum atomic E-state index is 13.4. The zero-order valence-corrected chi connectivity index (χ0v) is 20.6. The Balaban J connectivity index is 1.44. The Labute approximate surface area is 210 Å². The first kappa shape index (κ1) is 25.6. The Bertz CT molecular complexity index is 1280. The fourth-order valence-corrected chi connectivity index (χ4v) is 5.11. The van der Waals surface area contributed by atoms with Crippen LogP contribution in [0.1, 0.15) is 22.0 Å². The lowest BCUT2D eigenvalue weighted by molar-refractivity contribution is 0.0162. The minimum absolute atomic E-state index is 0.0162. The summed E-state index contributed by atoms with van der Waals surface area (Å²) in [6.45, 7) is 2.88. The SMILES string of the molecule is COc1ccccc1NS(=O)(=O)c1ccc(C(=O)NC[C@@H](c2ccc(F)cc2)N2CCOCC2)cc1. The number of hydrogen-bond donors (Lipinski definition) is 2. The molecule has 0 radical (unpaired) electrons. The zero-order valence-electron chi connectivity index (χ0n) is 19.8. The maximum absolute atomic E-state index is 13.4. The van der Waals surface area contributed by atoms with Crippen molar-refractivity contribution in [3.63, 3.8) is 0 Å². The number of ether oxygens (including phenoxy) is 2. The van der Waals surface area contributed by atoms with Crippen LogP contribution < -0.4 is 14.8 Å². The Hall–Kier alpha value is -3.47. The van der Waals surface area contributed by atoms with Gasteiger partial charge in [-0.1, -0.05) is 24.3 Å². The number of benzene rings is 3. The molecule has 10 heteroatoms. The molecule has 1 aliphatic rings. The molecule has 0 saturated carbocycles. The minimum Gasteiger partial charge on any atom is -0.495 e. The molecule has 1 heterocycles. The Morgan fingerprint density at radius 3 is 2.36 bits per heavy atom. The second-order valence-electron chi connectivity index (χ2n) is 8.26. The Kier molecular flexibility index (Phi) is 8.19. The van der Waals surface area contributed by atoms with E-state index in [1.54, 1.807) is 36.4 Å². The van der Waals surface area contributed by atoms with E-state index in [1.807, 2.05) is 0 Å². The molecule has 0 spiro atoms. The molecule has 0 unspecified atom stereocenters. The molecule has 190 valence electrons. The van der Waals surface area contributed by atoms with Crippen molar-refractivity contribution in [2.75, 3.05) is 44.7 Å². The van der Waals surface area contributed by atoms with Crippen molar-refractivity contribution in [3.8, 4) is 5.75 Å². The van der Waals surface area contributed by atoms with Gasteiger partial charge in [-0.25, -0.2) is 12.8 Å². The van der Waals surface area contributed by atoms with Crippen molar-refractivity contribution >= 4 is 21.6 Å². The van der Waals surface area contributed by atoms with E-state index in [-0.39, 0.29) is 22.7 Å². The molecule has 0 bridgehead atoms. The number of carbonyl (C=O) groups is 1. The fourth-order valence-electron chi connectivity index (χ4n) is 4.04. The lowest BCUT2D eigenvalue weighted by Crippen LogP contribution is -2.43. The van der Waals surface area contributed by atoms with Gasteiger partial charge in [0.15, 0.2) is 0 Å². The van der Waals surface area contributed by atoms with E-state index in [1.165, 1.54) is 43.5 Å². The van der Waals surface area contributed by atoms with Crippen molar-refractivity contribution in [2.24, 2.45) is 0 Å². The molecule has 0 aromatic heterocycles. The molecule has 1 amide bonds. The lowest BCUT2D eigenvalue weighted by Gasteiger charge is -2.35. The topological polar surface area (TPSA) is 97.0 Å². The number of halogens is 1. The van der Waals surface area contributed by atoms with Crippen molar-refractivity contribution < 1.29 is 27.1 Å². The van der Waals surface area contributed by atoms with Crippen LogP contribution in [0.3, 0.4) is 0 Å². The second kappa shape index (κ2) is 11.5. The van der Waals surface area contributed by atoms with Crippen LogP contribution in [0, 0.1) is 5.82 Å². The van der Waals surface area contributed by atoms with Crippen molar-refractivity contribution in [3.05, 3.63) is 89.7 Å². The third kappa shape index (κ3) is 6.20. The minimum atomic E-state index is -3.88. The number of carbonyl (C=O) groups excluding carboxylic acids is 1. The standard InChI is InChI=1S/C26H28FN3O5S/c1-34-25-5-3-2-4-23(25)29-36(32,33)22-12-8-20(9-13-22)26(31)28-18-24(30-14-16-35-17-15-30)19-6-10-21(27)11-7-19/h2-13,24,29H,14-18H2,1H3,(H,28,31)/t24-/m0/s1. The van der Waals surface area contributed by atoms with Crippen LogP contribution in [0.2, 0.25) is 0 Å². The summed E-state index contributed by atoms with van der Waals surface area (Å²) in [5.74, 6) is -0.260. The van der Waals surface area contributed by atoms with E-state index in [4.69, 9.17) is 9.47 Å². The number of nitrogens with one attached hydrogen (secondary N) is 2. The van der Waals surface area contributed by atoms with Crippen LogP contribution in [0.5, 0.6) is 5.75 Å². The smallest absolute Gasteiger partial charge is 0.262 e. The highest BCUT2D eigenvalue weighted by molar-refractivity contribution is 7.92. The van der Waals surface area contributed by atoms with Gasteiger partial charge in [-0.2, -0.15) is 0 Å². The van der Waals surface area contributed by atoms with Gasteiger partial charge in [0.1, 0.15) is 11.6 Å². The molecule has 36 heavy (non-hydrogen) atoms. The molecule has 1 saturated heterocycles. The third-order valence-corrected chi connectivity index (χ3v) is 7.36. The number of sulfonamides is 1. The number of anilines is 1. The molecule has 1 atom stereocenters. The van der Waals surface area contributed by atoms with E-state index in [9.17, 15) is 17.6 Å². The van der Waals surface area contributed by atoms with E-state index in [2.05, 4.69) is 14.9 Å². The third-order valence-electron chi connectivity index (χ3n) is 5.98. The number of methoxy groups -OCH3 is 1. The maximum Gasteiger partial charge on any atom is 0.262 e. The zero-order chi connectivity index (χ0) is 25.5. The van der Waals surface area contributed by atoms with Gasteiger partial charge in [0.25, 0.3) is 15.9 Å². The molecule has 8 nitrogen and oxygen atoms in total. The van der Waals surface area contributed by atoms with Crippen LogP contribution in [0.4, 0.5) is 10.1 Å². The van der Waals surface area contributed by atoms with Crippen molar-refractivity contribution in [2.45, 2.75) is 10.9 Å². The van der Waals surface area contributed by atoms with Gasteiger partial charge in [-0.15, -0.1) is 0 Å². The quantitative estimate of drug-likeness (QED) is 0.455. The monoisotopic (exact) mass is 513 g/mol. The summed E-state index contributed by atoms with van der Waals surface area (Å²) in [7, 11) is -2.42. The van der Waals surface area contributed by atoms with E-state index in [0.717, 1.165) is 5.56 Å². The van der Waals surface area contributed by atoms with E-state index in [0.29, 0.717) is 49.8 Å². The molecule has 4 rings (SSSR count).